The number of aromatic nitrogens is 1. The van der Waals surface area contributed by atoms with Crippen molar-refractivity contribution in [2.45, 2.75) is 26.3 Å². The minimum atomic E-state index is 0.951. The fourth-order valence-electron chi connectivity index (χ4n) is 2.86. The molecule has 0 bridgehead atoms. The predicted octanol–water partition coefficient (Wildman–Crippen LogP) is 4.06. The Morgan fingerprint density at radius 2 is 1.67 bits per heavy atom. The number of benzene rings is 2. The molecule has 0 atom stereocenters. The molecule has 0 radical (unpaired) electrons. The van der Waals surface area contributed by atoms with Gasteiger partial charge in [-0.3, -0.25) is 0 Å². The third-order valence-corrected chi connectivity index (χ3v) is 4.06. The van der Waals surface area contributed by atoms with Crippen LogP contribution in [-0.2, 0) is 19.4 Å². The molecular weight excluding hydrogens is 256 g/mol. The molecule has 2 N–H and O–H groups in total. The summed E-state index contributed by atoms with van der Waals surface area (Å²) in [6.45, 7) is 4.16. The fraction of sp³-hybridized carbons (Fsp3) is 0.263. The molecule has 2 aromatic carbocycles. The molecule has 3 rings (SSSR count). The van der Waals surface area contributed by atoms with Crippen molar-refractivity contribution >= 4 is 10.9 Å². The van der Waals surface area contributed by atoms with Crippen LogP contribution in [0.15, 0.2) is 54.7 Å². The van der Waals surface area contributed by atoms with Crippen molar-refractivity contribution in [3.63, 3.8) is 0 Å². The van der Waals surface area contributed by atoms with Crippen LogP contribution in [-0.4, -0.2) is 11.5 Å². The van der Waals surface area contributed by atoms with Crippen molar-refractivity contribution in [3.05, 3.63) is 71.4 Å². The topological polar surface area (TPSA) is 27.8 Å². The summed E-state index contributed by atoms with van der Waals surface area (Å²) in [5, 5.41) is 4.91. The molecule has 0 aliphatic heterocycles. The highest BCUT2D eigenvalue weighted by molar-refractivity contribution is 5.83. The number of hydrogen-bond acceptors (Lipinski definition) is 1. The fourth-order valence-corrected chi connectivity index (χ4v) is 2.86. The molecule has 0 spiro atoms. The van der Waals surface area contributed by atoms with E-state index in [1.807, 2.05) is 0 Å². The summed E-state index contributed by atoms with van der Waals surface area (Å²) in [6.07, 6.45) is 4.28. The molecule has 2 nitrogen and oxygen atoms in total. The number of aromatic amines is 1. The average molecular weight is 278 g/mol. The largest absolute Gasteiger partial charge is 0.361 e. The summed E-state index contributed by atoms with van der Waals surface area (Å²) in [5.74, 6) is 0. The number of aryl methyl sites for hydroxylation is 1. The van der Waals surface area contributed by atoms with Gasteiger partial charge in [0, 0.05) is 23.6 Å². The van der Waals surface area contributed by atoms with E-state index in [1.165, 1.54) is 27.6 Å². The van der Waals surface area contributed by atoms with Gasteiger partial charge < -0.3 is 10.3 Å². The third-order valence-electron chi connectivity index (χ3n) is 4.06. The number of nitrogens with one attached hydrogen (secondary N) is 2. The van der Waals surface area contributed by atoms with Gasteiger partial charge in [0.05, 0.1) is 0 Å². The number of rotatable bonds is 6. The second kappa shape index (κ2) is 6.59. The van der Waals surface area contributed by atoms with E-state index in [-0.39, 0.29) is 0 Å². The summed E-state index contributed by atoms with van der Waals surface area (Å²) >= 11 is 0. The van der Waals surface area contributed by atoms with Gasteiger partial charge in [0.25, 0.3) is 0 Å². The second-order valence-corrected chi connectivity index (χ2v) is 5.41. The van der Waals surface area contributed by atoms with E-state index in [2.05, 4.69) is 72.0 Å². The summed E-state index contributed by atoms with van der Waals surface area (Å²) in [7, 11) is 0. The maximum Gasteiger partial charge on any atom is 0.0456 e. The lowest BCUT2D eigenvalue weighted by Gasteiger charge is -2.09. The molecule has 1 heterocycles. The highest BCUT2D eigenvalue weighted by Gasteiger charge is 2.03. The Morgan fingerprint density at radius 3 is 2.52 bits per heavy atom. The quantitative estimate of drug-likeness (QED) is 0.654. The zero-order valence-corrected chi connectivity index (χ0v) is 12.5. The highest BCUT2D eigenvalue weighted by Crippen LogP contribution is 2.17. The first-order chi connectivity index (χ1) is 10.4. The lowest BCUT2D eigenvalue weighted by atomic mass is 10.1. The van der Waals surface area contributed by atoms with Crippen LogP contribution in [0.3, 0.4) is 0 Å². The lowest BCUT2D eigenvalue weighted by molar-refractivity contribution is 0.684. The molecule has 0 fully saturated rings. The molecule has 3 aromatic rings. The van der Waals surface area contributed by atoms with Crippen LogP contribution in [0.2, 0.25) is 0 Å². The Kier molecular flexibility index (Phi) is 4.37. The zero-order chi connectivity index (χ0) is 14.5. The number of H-pyrrole nitrogens is 1. The smallest absolute Gasteiger partial charge is 0.0456 e. The normalized spacial score (nSPS) is 11.1. The molecular formula is C19H22N2. The number of hydrogen-bond donors (Lipinski definition) is 2. The van der Waals surface area contributed by atoms with Crippen LogP contribution in [0, 0.1) is 0 Å². The first-order valence-corrected chi connectivity index (χ1v) is 7.71. The Balaban J connectivity index is 1.57. The SMILES string of the molecule is CCc1ccccc1CNCCc1c[nH]c2ccccc12. The summed E-state index contributed by atoms with van der Waals surface area (Å²) in [5.41, 5.74) is 5.47. The van der Waals surface area contributed by atoms with Gasteiger partial charge in [0.1, 0.15) is 0 Å². The molecule has 0 aliphatic carbocycles. The van der Waals surface area contributed by atoms with Crippen LogP contribution < -0.4 is 5.32 Å². The van der Waals surface area contributed by atoms with Gasteiger partial charge >= 0.3 is 0 Å². The molecule has 0 aliphatic rings. The Bertz CT molecular complexity index is 712. The van der Waals surface area contributed by atoms with Crippen molar-refractivity contribution in [1.29, 1.82) is 0 Å². The molecule has 2 heteroatoms. The first-order valence-electron chi connectivity index (χ1n) is 7.71. The highest BCUT2D eigenvalue weighted by atomic mass is 14.8. The van der Waals surface area contributed by atoms with E-state index in [0.717, 1.165) is 25.9 Å². The van der Waals surface area contributed by atoms with Crippen LogP contribution in [0.1, 0.15) is 23.6 Å². The van der Waals surface area contributed by atoms with Crippen LogP contribution in [0.25, 0.3) is 10.9 Å². The van der Waals surface area contributed by atoms with Gasteiger partial charge in [-0.15, -0.1) is 0 Å². The van der Waals surface area contributed by atoms with Gasteiger partial charge in [-0.1, -0.05) is 49.4 Å². The molecule has 108 valence electrons. The maximum absolute atomic E-state index is 3.57. The molecule has 0 saturated carbocycles. The van der Waals surface area contributed by atoms with E-state index >= 15 is 0 Å². The molecule has 0 unspecified atom stereocenters. The van der Waals surface area contributed by atoms with Gasteiger partial charge in [-0.25, -0.2) is 0 Å². The van der Waals surface area contributed by atoms with E-state index in [4.69, 9.17) is 0 Å². The van der Waals surface area contributed by atoms with E-state index in [0.29, 0.717) is 0 Å². The summed E-state index contributed by atoms with van der Waals surface area (Å²) in [4.78, 5) is 3.34. The minimum absolute atomic E-state index is 0.951. The van der Waals surface area contributed by atoms with Crippen molar-refractivity contribution in [3.8, 4) is 0 Å². The average Bonchev–Trinajstić information content (AvgIpc) is 2.95. The Morgan fingerprint density at radius 1 is 0.905 bits per heavy atom. The summed E-state index contributed by atoms with van der Waals surface area (Å²) in [6, 6.07) is 17.2. The lowest BCUT2D eigenvalue weighted by Crippen LogP contribution is -2.17. The maximum atomic E-state index is 3.57. The standard InChI is InChI=1S/C19H22N2/c1-2-15-7-3-4-8-16(15)13-20-12-11-17-14-21-19-10-6-5-9-18(17)19/h3-10,14,20-21H,2,11-13H2,1H3. The number of fused-ring (bicyclic) bond motifs is 1. The van der Waals surface area contributed by atoms with Crippen LogP contribution in [0.4, 0.5) is 0 Å². The Labute approximate surface area is 126 Å². The molecule has 0 amide bonds. The van der Waals surface area contributed by atoms with Gasteiger partial charge in [0.15, 0.2) is 0 Å². The van der Waals surface area contributed by atoms with Crippen molar-refractivity contribution in [2.24, 2.45) is 0 Å². The minimum Gasteiger partial charge on any atom is -0.361 e. The molecule has 0 saturated heterocycles. The van der Waals surface area contributed by atoms with E-state index in [9.17, 15) is 0 Å². The van der Waals surface area contributed by atoms with Crippen LogP contribution >= 0.6 is 0 Å². The van der Waals surface area contributed by atoms with Crippen molar-refractivity contribution in [1.82, 2.24) is 10.3 Å². The number of para-hydroxylation sites is 1. The summed E-state index contributed by atoms with van der Waals surface area (Å²) < 4.78 is 0. The monoisotopic (exact) mass is 278 g/mol. The van der Waals surface area contributed by atoms with Gasteiger partial charge in [-0.05, 0) is 42.1 Å². The van der Waals surface area contributed by atoms with Crippen LogP contribution in [0.5, 0.6) is 0 Å². The van der Waals surface area contributed by atoms with E-state index in [1.54, 1.807) is 0 Å². The Hall–Kier alpha value is -2.06. The second-order valence-electron chi connectivity index (χ2n) is 5.41. The van der Waals surface area contributed by atoms with Crippen molar-refractivity contribution in [2.75, 3.05) is 6.54 Å². The first kappa shape index (κ1) is 13.9. The van der Waals surface area contributed by atoms with Crippen molar-refractivity contribution < 1.29 is 0 Å². The van der Waals surface area contributed by atoms with E-state index < -0.39 is 0 Å². The van der Waals surface area contributed by atoms with Gasteiger partial charge in [0.2, 0.25) is 0 Å². The molecule has 21 heavy (non-hydrogen) atoms. The molecule has 1 aromatic heterocycles. The zero-order valence-electron chi connectivity index (χ0n) is 12.5. The third kappa shape index (κ3) is 3.17. The predicted molar refractivity (Wildman–Crippen MR) is 89.5 cm³/mol. The van der Waals surface area contributed by atoms with Gasteiger partial charge in [-0.2, -0.15) is 0 Å².